The van der Waals surface area contributed by atoms with Gasteiger partial charge in [0.1, 0.15) is 0 Å². The Morgan fingerprint density at radius 1 is 1.58 bits per heavy atom. The van der Waals surface area contributed by atoms with Crippen LogP contribution in [-0.4, -0.2) is 50.0 Å². The summed E-state index contributed by atoms with van der Waals surface area (Å²) >= 11 is 1.74. The molecule has 0 bridgehead atoms. The first kappa shape index (κ1) is 15.0. The average Bonchev–Trinajstić information content (AvgIpc) is 2.96. The minimum absolute atomic E-state index is 0.196. The van der Waals surface area contributed by atoms with Crippen molar-refractivity contribution in [3.63, 3.8) is 0 Å². The predicted molar refractivity (Wildman–Crippen MR) is 80.3 cm³/mol. The molecular formula is C13H22N2O2S2. The molecule has 1 aliphatic heterocycles. The minimum atomic E-state index is -2.93. The topological polar surface area (TPSA) is 63.4 Å². The smallest absolute Gasteiger partial charge is 0.152 e. The van der Waals surface area contributed by atoms with Gasteiger partial charge >= 0.3 is 0 Å². The maximum Gasteiger partial charge on any atom is 0.152 e. The molecule has 0 aliphatic carbocycles. The van der Waals surface area contributed by atoms with E-state index in [0.717, 1.165) is 6.42 Å². The summed E-state index contributed by atoms with van der Waals surface area (Å²) in [5, 5.41) is 2.07. The Kier molecular flexibility index (Phi) is 4.35. The molecule has 1 aliphatic rings. The van der Waals surface area contributed by atoms with Crippen LogP contribution in [0.3, 0.4) is 0 Å². The molecule has 2 heterocycles. The molecule has 4 nitrogen and oxygen atoms in total. The minimum Gasteiger partial charge on any atom is -0.329 e. The molecule has 1 aromatic rings. The van der Waals surface area contributed by atoms with E-state index in [9.17, 15) is 8.42 Å². The Labute approximate surface area is 119 Å². The normalized spacial score (nSPS) is 27.8. The summed E-state index contributed by atoms with van der Waals surface area (Å²) in [6, 6.07) is 4.46. The molecule has 19 heavy (non-hydrogen) atoms. The molecule has 1 aromatic heterocycles. The van der Waals surface area contributed by atoms with E-state index in [1.54, 1.807) is 11.3 Å². The lowest BCUT2D eigenvalue weighted by Crippen LogP contribution is -2.56. The Balaban J connectivity index is 2.10. The molecule has 2 N–H and O–H groups in total. The van der Waals surface area contributed by atoms with E-state index in [-0.39, 0.29) is 23.1 Å². The maximum absolute atomic E-state index is 11.8. The van der Waals surface area contributed by atoms with Crippen LogP contribution in [0.15, 0.2) is 17.5 Å². The number of hydrogen-bond acceptors (Lipinski definition) is 5. The first-order valence-corrected chi connectivity index (χ1v) is 9.24. The second-order valence-electron chi connectivity index (χ2n) is 5.51. The van der Waals surface area contributed by atoms with Crippen molar-refractivity contribution in [1.82, 2.24) is 4.90 Å². The van der Waals surface area contributed by atoms with Crippen molar-refractivity contribution in [2.75, 3.05) is 25.1 Å². The largest absolute Gasteiger partial charge is 0.329 e. The van der Waals surface area contributed by atoms with Crippen LogP contribution in [-0.2, 0) is 16.3 Å². The van der Waals surface area contributed by atoms with Crippen molar-refractivity contribution in [3.8, 4) is 0 Å². The van der Waals surface area contributed by atoms with Gasteiger partial charge in [0, 0.05) is 23.0 Å². The van der Waals surface area contributed by atoms with Crippen LogP contribution in [0.2, 0.25) is 0 Å². The van der Waals surface area contributed by atoms with Crippen LogP contribution in [0.25, 0.3) is 0 Å². The molecule has 2 atom stereocenters. The molecule has 6 heteroatoms. The van der Waals surface area contributed by atoms with E-state index in [0.29, 0.717) is 13.0 Å². The van der Waals surface area contributed by atoms with E-state index in [1.807, 2.05) is 13.1 Å². The molecule has 0 aromatic carbocycles. The molecule has 1 fully saturated rings. The van der Waals surface area contributed by atoms with Crippen molar-refractivity contribution in [1.29, 1.82) is 0 Å². The van der Waals surface area contributed by atoms with E-state index in [4.69, 9.17) is 5.73 Å². The summed E-state index contributed by atoms with van der Waals surface area (Å²) in [4.78, 5) is 3.50. The summed E-state index contributed by atoms with van der Waals surface area (Å²) in [6.07, 6.45) is 1.59. The zero-order valence-corrected chi connectivity index (χ0v) is 13.1. The summed E-state index contributed by atoms with van der Waals surface area (Å²) in [7, 11) is -0.920. The van der Waals surface area contributed by atoms with Crippen molar-refractivity contribution in [2.24, 2.45) is 5.73 Å². The number of nitrogens with two attached hydrogens (primary N) is 1. The van der Waals surface area contributed by atoms with Gasteiger partial charge in [-0.1, -0.05) is 6.07 Å². The first-order valence-electron chi connectivity index (χ1n) is 6.54. The Morgan fingerprint density at radius 3 is 2.79 bits per heavy atom. The third kappa shape index (κ3) is 3.18. The molecule has 108 valence electrons. The monoisotopic (exact) mass is 302 g/mol. The van der Waals surface area contributed by atoms with Gasteiger partial charge in [-0.05, 0) is 38.3 Å². The standard InChI is InChI=1S/C13H22N2O2S2/c1-11(8-12-4-3-6-18-12)15(2)13(9-14)5-7-19(16,17)10-13/h3-4,6,11H,5,7-10,14H2,1-2H3. The third-order valence-corrected chi connectivity index (χ3v) is 6.94. The fourth-order valence-corrected chi connectivity index (χ4v) is 5.75. The highest BCUT2D eigenvalue weighted by Crippen LogP contribution is 2.30. The number of nitrogens with zero attached hydrogens (tertiary/aromatic N) is 1. The highest BCUT2D eigenvalue weighted by atomic mass is 32.2. The Morgan fingerprint density at radius 2 is 2.32 bits per heavy atom. The highest BCUT2D eigenvalue weighted by Gasteiger charge is 2.45. The van der Waals surface area contributed by atoms with Gasteiger partial charge in [0.25, 0.3) is 0 Å². The molecule has 0 spiro atoms. The van der Waals surface area contributed by atoms with Crippen LogP contribution in [0.4, 0.5) is 0 Å². The fraction of sp³-hybridized carbons (Fsp3) is 0.692. The molecule has 1 saturated heterocycles. The van der Waals surface area contributed by atoms with Crippen molar-refractivity contribution < 1.29 is 8.42 Å². The summed E-state index contributed by atoms with van der Waals surface area (Å²) < 4.78 is 23.5. The van der Waals surface area contributed by atoms with Gasteiger partial charge < -0.3 is 5.73 Å². The first-order chi connectivity index (χ1) is 8.88. The van der Waals surface area contributed by atoms with Crippen LogP contribution in [0.1, 0.15) is 18.2 Å². The number of hydrogen-bond donors (Lipinski definition) is 1. The van der Waals surface area contributed by atoms with Crippen LogP contribution >= 0.6 is 11.3 Å². The van der Waals surface area contributed by atoms with Crippen molar-refractivity contribution in [3.05, 3.63) is 22.4 Å². The van der Waals surface area contributed by atoms with Crippen LogP contribution in [0, 0.1) is 0 Å². The van der Waals surface area contributed by atoms with Crippen LogP contribution < -0.4 is 5.73 Å². The van der Waals surface area contributed by atoms with Gasteiger partial charge in [-0.3, -0.25) is 4.90 Å². The number of rotatable bonds is 5. The molecule has 0 amide bonds. The van der Waals surface area contributed by atoms with Gasteiger partial charge in [-0.25, -0.2) is 8.42 Å². The van der Waals surface area contributed by atoms with Crippen LogP contribution in [0.5, 0.6) is 0 Å². The maximum atomic E-state index is 11.8. The van der Waals surface area contributed by atoms with E-state index in [1.165, 1.54) is 4.88 Å². The van der Waals surface area contributed by atoms with Gasteiger partial charge in [-0.2, -0.15) is 0 Å². The number of thiophene rings is 1. The van der Waals surface area contributed by atoms with Gasteiger partial charge in [0.15, 0.2) is 9.84 Å². The second kappa shape index (κ2) is 5.52. The predicted octanol–water partition coefficient (Wildman–Crippen LogP) is 1.13. The lowest BCUT2D eigenvalue weighted by atomic mass is 9.94. The Hall–Kier alpha value is -0.430. The summed E-state index contributed by atoms with van der Waals surface area (Å²) in [5.41, 5.74) is 5.52. The highest BCUT2D eigenvalue weighted by molar-refractivity contribution is 7.91. The number of sulfone groups is 1. The van der Waals surface area contributed by atoms with Gasteiger partial charge in [0.05, 0.1) is 11.5 Å². The van der Waals surface area contributed by atoms with E-state index >= 15 is 0 Å². The van der Waals surface area contributed by atoms with Gasteiger partial charge in [-0.15, -0.1) is 11.3 Å². The number of likely N-dealkylation sites (N-methyl/N-ethyl adjacent to an activating group) is 1. The molecule has 2 rings (SSSR count). The molecule has 2 unspecified atom stereocenters. The zero-order chi connectivity index (χ0) is 14.1. The summed E-state index contributed by atoms with van der Waals surface area (Å²) in [5.74, 6) is 0.460. The van der Waals surface area contributed by atoms with Gasteiger partial charge in [0.2, 0.25) is 0 Å². The lowest BCUT2D eigenvalue weighted by molar-refractivity contribution is 0.106. The Bertz CT molecular complexity index is 513. The molecule has 0 radical (unpaired) electrons. The quantitative estimate of drug-likeness (QED) is 0.885. The molecule has 0 saturated carbocycles. The van der Waals surface area contributed by atoms with Crippen molar-refractivity contribution >= 4 is 21.2 Å². The second-order valence-corrected chi connectivity index (χ2v) is 8.73. The fourth-order valence-electron chi connectivity index (χ4n) is 2.81. The average molecular weight is 302 g/mol. The zero-order valence-electron chi connectivity index (χ0n) is 11.5. The van der Waals surface area contributed by atoms with E-state index < -0.39 is 9.84 Å². The lowest BCUT2D eigenvalue weighted by Gasteiger charge is -2.40. The molecular weight excluding hydrogens is 280 g/mol. The van der Waals surface area contributed by atoms with Crippen molar-refractivity contribution in [2.45, 2.75) is 31.3 Å². The SMILES string of the molecule is CC(Cc1cccs1)N(C)C1(CN)CCS(=O)(=O)C1. The third-order valence-electron chi connectivity index (χ3n) is 4.23. The summed E-state index contributed by atoms with van der Waals surface area (Å²) in [6.45, 7) is 2.54. The van der Waals surface area contributed by atoms with E-state index in [2.05, 4.69) is 23.3 Å².